The quantitative estimate of drug-likeness (QED) is 0.804. The van der Waals surface area contributed by atoms with E-state index in [2.05, 4.69) is 0 Å². The molecule has 1 aromatic rings. The molecule has 2 N–H and O–H groups in total. The van der Waals surface area contributed by atoms with E-state index in [-0.39, 0.29) is 17.9 Å². The Labute approximate surface area is 97.2 Å². The summed E-state index contributed by atoms with van der Waals surface area (Å²) in [6, 6.07) is 6.00. The summed E-state index contributed by atoms with van der Waals surface area (Å²) >= 11 is 11.1. The fourth-order valence-electron chi connectivity index (χ4n) is 1.24. The average molecular weight is 249 g/mol. The van der Waals surface area contributed by atoms with E-state index in [0.29, 0.717) is 5.02 Å². The Morgan fingerprint density at radius 3 is 2.27 bits per heavy atom. The molecular weight excluding hydrogens is 239 g/mol. The van der Waals surface area contributed by atoms with Gasteiger partial charge < -0.3 is 10.2 Å². The van der Waals surface area contributed by atoms with Gasteiger partial charge in [0.05, 0.1) is 0 Å². The standard InChI is InChI=1S/C10H10Cl2O3/c11-6-5-10(15,9(13)14)7-1-3-8(12)4-2-7/h1-4,15H,5-6H2,(H,13,14). The van der Waals surface area contributed by atoms with Crippen molar-refractivity contribution in [1.82, 2.24) is 0 Å². The minimum atomic E-state index is -1.94. The van der Waals surface area contributed by atoms with Crippen molar-refractivity contribution in [2.75, 3.05) is 5.88 Å². The van der Waals surface area contributed by atoms with Gasteiger partial charge in [-0.05, 0) is 17.7 Å². The van der Waals surface area contributed by atoms with Gasteiger partial charge in [-0.2, -0.15) is 0 Å². The average Bonchev–Trinajstić information content (AvgIpc) is 2.18. The summed E-state index contributed by atoms with van der Waals surface area (Å²) < 4.78 is 0. The molecule has 0 heterocycles. The summed E-state index contributed by atoms with van der Waals surface area (Å²) in [7, 11) is 0. The first-order valence-electron chi connectivity index (χ1n) is 4.28. The predicted molar refractivity (Wildman–Crippen MR) is 58.3 cm³/mol. The molecule has 0 saturated carbocycles. The van der Waals surface area contributed by atoms with E-state index >= 15 is 0 Å². The van der Waals surface area contributed by atoms with Crippen molar-refractivity contribution in [3.63, 3.8) is 0 Å². The van der Waals surface area contributed by atoms with Gasteiger partial charge >= 0.3 is 5.97 Å². The maximum absolute atomic E-state index is 11.0. The summed E-state index contributed by atoms with van der Waals surface area (Å²) in [5.41, 5.74) is -1.66. The van der Waals surface area contributed by atoms with Crippen LogP contribution in [-0.2, 0) is 10.4 Å². The smallest absolute Gasteiger partial charge is 0.340 e. The highest BCUT2D eigenvalue weighted by Gasteiger charge is 2.37. The lowest BCUT2D eigenvalue weighted by Crippen LogP contribution is -2.36. The molecule has 0 aliphatic carbocycles. The molecule has 0 spiro atoms. The van der Waals surface area contributed by atoms with Crippen LogP contribution in [0.4, 0.5) is 0 Å². The fourth-order valence-corrected chi connectivity index (χ4v) is 1.64. The van der Waals surface area contributed by atoms with Gasteiger partial charge in [-0.15, -0.1) is 11.6 Å². The number of carboxylic acids is 1. The SMILES string of the molecule is O=C(O)C(O)(CCCl)c1ccc(Cl)cc1. The van der Waals surface area contributed by atoms with Crippen LogP contribution in [-0.4, -0.2) is 22.1 Å². The molecule has 1 rings (SSSR count). The lowest BCUT2D eigenvalue weighted by molar-refractivity contribution is -0.160. The van der Waals surface area contributed by atoms with E-state index in [0.717, 1.165) is 0 Å². The molecular formula is C10H10Cl2O3. The van der Waals surface area contributed by atoms with Crippen LogP contribution in [0, 0.1) is 0 Å². The number of rotatable bonds is 4. The Morgan fingerprint density at radius 1 is 1.33 bits per heavy atom. The first-order valence-corrected chi connectivity index (χ1v) is 5.19. The number of benzene rings is 1. The van der Waals surface area contributed by atoms with Gasteiger partial charge in [0.25, 0.3) is 0 Å². The van der Waals surface area contributed by atoms with Crippen molar-refractivity contribution in [2.24, 2.45) is 0 Å². The normalized spacial score (nSPS) is 14.6. The maximum Gasteiger partial charge on any atom is 0.340 e. The molecule has 0 saturated heterocycles. The number of hydrogen-bond acceptors (Lipinski definition) is 2. The van der Waals surface area contributed by atoms with E-state index in [4.69, 9.17) is 28.3 Å². The van der Waals surface area contributed by atoms with Crippen LogP contribution >= 0.6 is 23.2 Å². The van der Waals surface area contributed by atoms with Crippen LogP contribution in [0.2, 0.25) is 5.02 Å². The summed E-state index contributed by atoms with van der Waals surface area (Å²) in [4.78, 5) is 11.0. The Morgan fingerprint density at radius 2 is 1.87 bits per heavy atom. The van der Waals surface area contributed by atoms with E-state index in [1.54, 1.807) is 0 Å². The highest BCUT2D eigenvalue weighted by Crippen LogP contribution is 2.27. The van der Waals surface area contributed by atoms with Crippen molar-refractivity contribution in [1.29, 1.82) is 0 Å². The number of aliphatic carboxylic acids is 1. The number of alkyl halides is 1. The maximum atomic E-state index is 11.0. The highest BCUT2D eigenvalue weighted by atomic mass is 35.5. The molecule has 0 fully saturated rings. The topological polar surface area (TPSA) is 57.5 Å². The van der Waals surface area contributed by atoms with E-state index in [1.165, 1.54) is 24.3 Å². The molecule has 3 nitrogen and oxygen atoms in total. The lowest BCUT2D eigenvalue weighted by atomic mass is 9.91. The zero-order valence-electron chi connectivity index (χ0n) is 7.78. The lowest BCUT2D eigenvalue weighted by Gasteiger charge is -2.22. The first kappa shape index (κ1) is 12.3. The second-order valence-corrected chi connectivity index (χ2v) is 3.93. The summed E-state index contributed by atoms with van der Waals surface area (Å²) in [6.07, 6.45) is -0.0501. The van der Waals surface area contributed by atoms with Gasteiger partial charge in [0.1, 0.15) is 0 Å². The molecule has 0 amide bonds. The minimum absolute atomic E-state index is 0.0501. The molecule has 0 aliphatic rings. The van der Waals surface area contributed by atoms with Crippen LogP contribution in [0.15, 0.2) is 24.3 Å². The zero-order valence-corrected chi connectivity index (χ0v) is 9.29. The fraction of sp³-hybridized carbons (Fsp3) is 0.300. The van der Waals surface area contributed by atoms with Crippen molar-refractivity contribution in [2.45, 2.75) is 12.0 Å². The van der Waals surface area contributed by atoms with Crippen LogP contribution < -0.4 is 0 Å². The van der Waals surface area contributed by atoms with Crippen molar-refractivity contribution in [3.8, 4) is 0 Å². The van der Waals surface area contributed by atoms with Gasteiger partial charge in [0, 0.05) is 17.3 Å². The molecule has 0 aliphatic heterocycles. The number of carboxylic acid groups (broad SMARTS) is 1. The predicted octanol–water partition coefficient (Wildman–Crippen LogP) is 2.24. The third-order valence-electron chi connectivity index (χ3n) is 2.13. The van der Waals surface area contributed by atoms with Gasteiger partial charge in [-0.3, -0.25) is 0 Å². The number of halogens is 2. The molecule has 5 heteroatoms. The number of aliphatic hydroxyl groups is 1. The van der Waals surface area contributed by atoms with Gasteiger partial charge in [0.15, 0.2) is 5.60 Å². The van der Waals surface area contributed by atoms with Gasteiger partial charge in [-0.1, -0.05) is 23.7 Å². The first-order chi connectivity index (χ1) is 7.00. The highest BCUT2D eigenvalue weighted by molar-refractivity contribution is 6.30. The van der Waals surface area contributed by atoms with Crippen LogP contribution in [0.1, 0.15) is 12.0 Å². The summed E-state index contributed by atoms with van der Waals surface area (Å²) in [5.74, 6) is -1.25. The number of carbonyl (C=O) groups is 1. The molecule has 0 radical (unpaired) electrons. The molecule has 15 heavy (non-hydrogen) atoms. The molecule has 0 aromatic heterocycles. The zero-order chi connectivity index (χ0) is 11.5. The Balaban J connectivity index is 3.09. The second kappa shape index (κ2) is 4.84. The molecule has 1 aromatic carbocycles. The van der Waals surface area contributed by atoms with Crippen LogP contribution in [0.25, 0.3) is 0 Å². The van der Waals surface area contributed by atoms with Crippen LogP contribution in [0.3, 0.4) is 0 Å². The third kappa shape index (κ3) is 2.62. The van der Waals surface area contributed by atoms with E-state index < -0.39 is 11.6 Å². The van der Waals surface area contributed by atoms with E-state index in [1.807, 2.05) is 0 Å². The monoisotopic (exact) mass is 248 g/mol. The Kier molecular flexibility index (Phi) is 3.97. The Bertz CT molecular complexity index is 350. The molecule has 0 bridgehead atoms. The molecule has 1 unspecified atom stereocenters. The van der Waals surface area contributed by atoms with Gasteiger partial charge in [-0.25, -0.2) is 4.79 Å². The Hall–Kier alpha value is -0.770. The summed E-state index contributed by atoms with van der Waals surface area (Å²) in [6.45, 7) is 0. The summed E-state index contributed by atoms with van der Waals surface area (Å²) in [5, 5.41) is 19.4. The largest absolute Gasteiger partial charge is 0.479 e. The third-order valence-corrected chi connectivity index (χ3v) is 2.57. The van der Waals surface area contributed by atoms with E-state index in [9.17, 15) is 9.90 Å². The van der Waals surface area contributed by atoms with Crippen molar-refractivity contribution < 1.29 is 15.0 Å². The minimum Gasteiger partial charge on any atom is -0.479 e. The van der Waals surface area contributed by atoms with Crippen molar-refractivity contribution >= 4 is 29.2 Å². The number of hydrogen-bond donors (Lipinski definition) is 2. The van der Waals surface area contributed by atoms with Crippen LogP contribution in [0.5, 0.6) is 0 Å². The molecule has 82 valence electrons. The van der Waals surface area contributed by atoms with Gasteiger partial charge in [0.2, 0.25) is 0 Å². The van der Waals surface area contributed by atoms with Crippen molar-refractivity contribution in [3.05, 3.63) is 34.9 Å². The second-order valence-electron chi connectivity index (χ2n) is 3.11. The molecule has 1 atom stereocenters.